The van der Waals surface area contributed by atoms with Crippen LogP contribution in [-0.4, -0.2) is 33.7 Å². The molecule has 1 aliphatic carbocycles. The van der Waals surface area contributed by atoms with Gasteiger partial charge in [0, 0.05) is 18.3 Å². The molecule has 3 unspecified atom stereocenters. The highest BCUT2D eigenvalue weighted by molar-refractivity contribution is 5.68. The van der Waals surface area contributed by atoms with Crippen LogP contribution in [0.3, 0.4) is 0 Å². The van der Waals surface area contributed by atoms with E-state index in [-0.39, 0.29) is 29.7 Å². The number of halogens is 1. The molecule has 35 heavy (non-hydrogen) atoms. The van der Waals surface area contributed by atoms with E-state index in [0.29, 0.717) is 18.0 Å². The fourth-order valence-electron chi connectivity index (χ4n) is 4.18. The van der Waals surface area contributed by atoms with Crippen LogP contribution in [0.4, 0.5) is 20.7 Å². The number of nitro benzene ring substituents is 1. The Morgan fingerprint density at radius 2 is 2.23 bits per heavy atom. The lowest BCUT2D eigenvalue weighted by atomic mass is 10.0. The maximum Gasteiger partial charge on any atom is 0.408 e. The van der Waals surface area contributed by atoms with Crippen molar-refractivity contribution in [3.8, 4) is 11.8 Å². The van der Waals surface area contributed by atoms with Gasteiger partial charge < -0.3 is 21.5 Å². The molecule has 3 rings (SSSR count). The monoisotopic (exact) mass is 486 g/mol. The molecule has 1 fully saturated rings. The summed E-state index contributed by atoms with van der Waals surface area (Å²) in [6, 6.07) is 2.92. The van der Waals surface area contributed by atoms with Crippen LogP contribution in [0.5, 0.6) is 0 Å². The Morgan fingerprint density at radius 1 is 1.46 bits per heavy atom. The van der Waals surface area contributed by atoms with Crippen LogP contribution < -0.4 is 22.5 Å². The summed E-state index contributed by atoms with van der Waals surface area (Å²) in [5.41, 5.74) is 11.0. The number of anilines is 1. The lowest BCUT2D eigenvalue weighted by Gasteiger charge is -2.15. The number of ether oxygens (including phenoxy) is 1. The van der Waals surface area contributed by atoms with E-state index in [1.54, 1.807) is 10.8 Å². The van der Waals surface area contributed by atoms with Crippen molar-refractivity contribution in [3.05, 3.63) is 61.9 Å². The summed E-state index contributed by atoms with van der Waals surface area (Å²) in [6.07, 6.45) is 3.20. The molecule has 2 aromatic rings. The number of nitrogens with zero attached hydrogens (tertiary/aromatic N) is 3. The summed E-state index contributed by atoms with van der Waals surface area (Å²) in [6.45, 7) is 1.87. The topological polar surface area (TPSA) is 168 Å². The van der Waals surface area contributed by atoms with Crippen LogP contribution in [0, 0.1) is 33.7 Å². The standard InChI is InChI=1S/C23H27FN6O5/c1-14(19-12-17(24)5-7-20(19)30(33)34)35-23(32)27-10-2-3-16-13-29(22(31)28-21(16)26)18-6-4-15(11-18)8-9-25/h5,7,12-15,18H,4,6,8-11,25H2,1H3,(H,27,32)(H2,26,28,31). The Labute approximate surface area is 200 Å². The Bertz CT molecular complexity index is 1220. The molecule has 3 atom stereocenters. The highest BCUT2D eigenvalue weighted by atomic mass is 19.1. The maximum atomic E-state index is 13.5. The third kappa shape index (κ3) is 6.54. The van der Waals surface area contributed by atoms with E-state index in [4.69, 9.17) is 16.2 Å². The van der Waals surface area contributed by atoms with Gasteiger partial charge in [-0.25, -0.2) is 14.0 Å². The number of nitro groups is 1. The molecule has 0 spiro atoms. The second kappa shape index (κ2) is 11.4. The number of carbonyl (C=O) groups is 1. The third-order valence-electron chi connectivity index (χ3n) is 5.92. The molecule has 1 amide bonds. The van der Waals surface area contributed by atoms with Crippen molar-refractivity contribution in [2.45, 2.75) is 44.8 Å². The van der Waals surface area contributed by atoms with Crippen molar-refractivity contribution in [3.63, 3.8) is 0 Å². The number of aromatic nitrogens is 2. The number of nitrogens with one attached hydrogen (secondary N) is 1. The van der Waals surface area contributed by atoms with Gasteiger partial charge in [0.25, 0.3) is 5.69 Å². The first-order valence-electron chi connectivity index (χ1n) is 11.2. The van der Waals surface area contributed by atoms with E-state index in [1.807, 2.05) is 0 Å². The molecule has 12 heteroatoms. The van der Waals surface area contributed by atoms with Gasteiger partial charge >= 0.3 is 11.8 Å². The number of amides is 1. The Balaban J connectivity index is 1.61. The van der Waals surface area contributed by atoms with Gasteiger partial charge in [0.2, 0.25) is 0 Å². The lowest BCUT2D eigenvalue weighted by molar-refractivity contribution is -0.386. The number of carbonyl (C=O) groups excluding carboxylic acids is 1. The summed E-state index contributed by atoms with van der Waals surface area (Å²) in [5, 5.41) is 13.5. The normalized spacial score (nSPS) is 17.8. The average Bonchev–Trinajstić information content (AvgIpc) is 3.26. The van der Waals surface area contributed by atoms with Crippen molar-refractivity contribution >= 4 is 17.6 Å². The van der Waals surface area contributed by atoms with Gasteiger partial charge in [-0.2, -0.15) is 4.98 Å². The molecule has 0 bridgehead atoms. The van der Waals surface area contributed by atoms with Gasteiger partial charge in [0.1, 0.15) is 17.7 Å². The zero-order chi connectivity index (χ0) is 25.5. The van der Waals surface area contributed by atoms with Gasteiger partial charge in [0.15, 0.2) is 0 Å². The molecular formula is C23H27FN6O5. The van der Waals surface area contributed by atoms with Crippen LogP contribution in [0.2, 0.25) is 0 Å². The van der Waals surface area contributed by atoms with Crippen molar-refractivity contribution in [2.24, 2.45) is 11.7 Å². The first kappa shape index (κ1) is 25.6. The second-order valence-corrected chi connectivity index (χ2v) is 8.30. The number of hydrogen-bond acceptors (Lipinski definition) is 8. The molecule has 0 saturated heterocycles. The second-order valence-electron chi connectivity index (χ2n) is 8.30. The summed E-state index contributed by atoms with van der Waals surface area (Å²) < 4.78 is 20.2. The first-order chi connectivity index (χ1) is 16.7. The fraction of sp³-hybridized carbons (Fsp3) is 0.435. The molecule has 1 saturated carbocycles. The summed E-state index contributed by atoms with van der Waals surface area (Å²) >= 11 is 0. The largest absolute Gasteiger partial charge is 0.441 e. The SMILES string of the molecule is CC(OC(=O)NCC#Cc1cn(C2CCC(CCN)C2)c(=O)nc1N)c1cc(F)ccc1[N+](=O)[O-]. The summed E-state index contributed by atoms with van der Waals surface area (Å²) in [7, 11) is 0. The summed E-state index contributed by atoms with van der Waals surface area (Å²) in [4.78, 5) is 38.7. The third-order valence-corrected chi connectivity index (χ3v) is 5.92. The van der Waals surface area contributed by atoms with Gasteiger partial charge in [-0.3, -0.25) is 14.7 Å². The van der Waals surface area contributed by atoms with Crippen molar-refractivity contribution in [2.75, 3.05) is 18.8 Å². The molecule has 5 N–H and O–H groups in total. The molecule has 186 valence electrons. The van der Waals surface area contributed by atoms with Gasteiger partial charge in [-0.15, -0.1) is 0 Å². The molecule has 0 radical (unpaired) electrons. The van der Waals surface area contributed by atoms with E-state index in [9.17, 15) is 24.1 Å². The Kier molecular flexibility index (Phi) is 8.38. The van der Waals surface area contributed by atoms with Gasteiger partial charge in [0.05, 0.1) is 22.6 Å². The number of nitrogen functional groups attached to an aromatic ring is 1. The molecule has 1 aliphatic rings. The quantitative estimate of drug-likeness (QED) is 0.304. The van der Waals surface area contributed by atoms with Crippen LogP contribution in [0.25, 0.3) is 0 Å². The van der Waals surface area contributed by atoms with Crippen LogP contribution in [-0.2, 0) is 4.74 Å². The minimum Gasteiger partial charge on any atom is -0.441 e. The Morgan fingerprint density at radius 3 is 2.94 bits per heavy atom. The van der Waals surface area contributed by atoms with Crippen molar-refractivity contribution in [1.82, 2.24) is 14.9 Å². The van der Waals surface area contributed by atoms with E-state index in [2.05, 4.69) is 22.1 Å². The number of alkyl carbamates (subject to hydrolysis) is 1. The van der Waals surface area contributed by atoms with E-state index < -0.39 is 28.6 Å². The predicted octanol–water partition coefficient (Wildman–Crippen LogP) is 2.40. The molecule has 11 nitrogen and oxygen atoms in total. The van der Waals surface area contributed by atoms with Crippen LogP contribution in [0.15, 0.2) is 29.2 Å². The number of nitrogens with two attached hydrogens (primary N) is 2. The molecule has 1 heterocycles. The molecular weight excluding hydrogens is 459 g/mol. The number of hydrogen-bond donors (Lipinski definition) is 3. The van der Waals surface area contributed by atoms with Crippen molar-refractivity contribution < 1.29 is 18.8 Å². The highest BCUT2D eigenvalue weighted by Gasteiger charge is 2.27. The highest BCUT2D eigenvalue weighted by Crippen LogP contribution is 2.35. The zero-order valence-electron chi connectivity index (χ0n) is 19.2. The van der Waals surface area contributed by atoms with Gasteiger partial charge in [-0.1, -0.05) is 11.8 Å². The lowest BCUT2D eigenvalue weighted by Crippen LogP contribution is -2.27. The Hall–Kier alpha value is -3.98. The van der Waals surface area contributed by atoms with E-state index in [0.717, 1.165) is 43.9 Å². The first-order valence-corrected chi connectivity index (χ1v) is 11.2. The molecule has 1 aromatic heterocycles. The fourth-order valence-corrected chi connectivity index (χ4v) is 4.18. The summed E-state index contributed by atoms with van der Waals surface area (Å²) in [5.74, 6) is 5.27. The molecule has 1 aromatic carbocycles. The smallest absolute Gasteiger partial charge is 0.408 e. The van der Waals surface area contributed by atoms with Gasteiger partial charge in [-0.05, 0) is 57.2 Å². The minimum atomic E-state index is -1.07. The van der Waals surface area contributed by atoms with Crippen LogP contribution in [0.1, 0.15) is 55.9 Å². The average molecular weight is 487 g/mol. The molecule has 0 aliphatic heterocycles. The zero-order valence-corrected chi connectivity index (χ0v) is 19.2. The minimum absolute atomic E-state index is 0.00849. The van der Waals surface area contributed by atoms with Crippen molar-refractivity contribution in [1.29, 1.82) is 0 Å². The number of rotatable bonds is 7. The van der Waals surface area contributed by atoms with Crippen LogP contribution >= 0.6 is 0 Å². The maximum absolute atomic E-state index is 13.5. The predicted molar refractivity (Wildman–Crippen MR) is 126 cm³/mol. The van der Waals surface area contributed by atoms with E-state index >= 15 is 0 Å². The number of benzene rings is 1. The van der Waals surface area contributed by atoms with E-state index in [1.165, 1.54) is 6.92 Å².